The molecule has 2 rings (SSSR count). The van der Waals surface area contributed by atoms with Gasteiger partial charge in [-0.05, 0) is 38.8 Å². The van der Waals surface area contributed by atoms with Crippen LogP contribution in [0.2, 0.25) is 0 Å². The molecule has 0 saturated heterocycles. The predicted molar refractivity (Wildman–Crippen MR) is 121 cm³/mol. The van der Waals surface area contributed by atoms with Crippen molar-refractivity contribution in [2.45, 2.75) is 59.6 Å². The number of carboxylic acids is 1. The molecule has 3 atom stereocenters. The third kappa shape index (κ3) is 4.93. The second kappa shape index (κ2) is 9.69. The molecular formula is C24H28ClNO6. The average Bonchev–Trinajstić information content (AvgIpc) is 2.73. The van der Waals surface area contributed by atoms with Gasteiger partial charge in [0.15, 0.2) is 0 Å². The van der Waals surface area contributed by atoms with Gasteiger partial charge >= 0.3 is 11.9 Å². The number of halogens is 1. The smallest absolute Gasteiger partial charge is 0.326 e. The summed E-state index contributed by atoms with van der Waals surface area (Å²) in [4.78, 5) is 50.6. The Kier molecular flexibility index (Phi) is 7.67. The maximum absolute atomic E-state index is 13.1. The Balaban J connectivity index is 2.63. The Morgan fingerprint density at radius 2 is 1.88 bits per heavy atom. The molecule has 0 fully saturated rings. The summed E-state index contributed by atoms with van der Waals surface area (Å²) in [5, 5.41) is 9.33. The fourth-order valence-corrected chi connectivity index (χ4v) is 3.78. The zero-order chi connectivity index (χ0) is 24.4. The van der Waals surface area contributed by atoms with Gasteiger partial charge < -0.3 is 14.7 Å². The number of fused-ring (bicyclic) bond motifs is 1. The molecule has 0 aromatic carbocycles. The standard InChI is InChI=1S/C24H28ClNO6/c1-7-13(2)10-14(3)8-9-17-11-18-19(12-26(17)15(4)23(30)31)21(28)24(6,32-16(5)27)22(29)20(18)25/h8-13,15H,7H2,1-6H3,(H,30,31)/b9-8+,14-10+. The Morgan fingerprint density at radius 1 is 1.25 bits per heavy atom. The highest BCUT2D eigenvalue weighted by molar-refractivity contribution is 6.49. The summed E-state index contributed by atoms with van der Waals surface area (Å²) in [5.41, 5.74) is -0.492. The van der Waals surface area contributed by atoms with E-state index in [1.807, 2.05) is 13.0 Å². The Morgan fingerprint density at radius 3 is 2.41 bits per heavy atom. The van der Waals surface area contributed by atoms with E-state index < -0.39 is 35.1 Å². The molecule has 8 heteroatoms. The highest BCUT2D eigenvalue weighted by atomic mass is 35.5. The normalized spacial score (nSPS) is 23.6. The lowest BCUT2D eigenvalue weighted by molar-refractivity contribution is -0.167. The van der Waals surface area contributed by atoms with E-state index in [4.69, 9.17) is 16.3 Å². The number of rotatable bonds is 7. The molecule has 0 saturated carbocycles. The molecule has 172 valence electrons. The number of ether oxygens (including phenoxy) is 1. The van der Waals surface area contributed by atoms with Gasteiger partial charge in [-0.1, -0.05) is 49.6 Å². The lowest BCUT2D eigenvalue weighted by atomic mass is 9.79. The topological polar surface area (TPSA) is 101 Å². The van der Waals surface area contributed by atoms with Gasteiger partial charge in [0.05, 0.1) is 5.03 Å². The van der Waals surface area contributed by atoms with Crippen LogP contribution in [0.15, 0.2) is 58.0 Å². The Labute approximate surface area is 192 Å². The summed E-state index contributed by atoms with van der Waals surface area (Å²) in [6, 6.07) is -1.01. The number of nitrogens with zero attached hydrogens (tertiary/aromatic N) is 1. The zero-order valence-electron chi connectivity index (χ0n) is 19.1. The molecule has 0 amide bonds. The van der Waals surface area contributed by atoms with Gasteiger partial charge in [-0.25, -0.2) is 4.79 Å². The third-order valence-corrected chi connectivity index (χ3v) is 5.90. The van der Waals surface area contributed by atoms with Crippen molar-refractivity contribution in [2.75, 3.05) is 0 Å². The van der Waals surface area contributed by atoms with Crippen LogP contribution in [-0.2, 0) is 23.9 Å². The summed E-state index contributed by atoms with van der Waals surface area (Å²) in [5.74, 6) is -3.11. The van der Waals surface area contributed by atoms with Crippen molar-refractivity contribution >= 4 is 35.1 Å². The molecule has 1 aliphatic heterocycles. The highest BCUT2D eigenvalue weighted by Gasteiger charge is 2.52. The summed E-state index contributed by atoms with van der Waals surface area (Å²) >= 11 is 6.31. The monoisotopic (exact) mass is 461 g/mol. The number of carbonyl (C=O) groups is 4. The van der Waals surface area contributed by atoms with Gasteiger partial charge in [-0.2, -0.15) is 0 Å². The van der Waals surface area contributed by atoms with Gasteiger partial charge in [0.25, 0.3) is 0 Å². The average molecular weight is 462 g/mol. The van der Waals surface area contributed by atoms with Gasteiger partial charge in [0.1, 0.15) is 6.04 Å². The molecule has 0 aromatic rings. The molecule has 1 heterocycles. The first-order valence-electron chi connectivity index (χ1n) is 10.3. The van der Waals surface area contributed by atoms with E-state index in [1.165, 1.54) is 31.0 Å². The Bertz CT molecular complexity index is 1020. The molecule has 32 heavy (non-hydrogen) atoms. The fourth-order valence-electron chi connectivity index (χ4n) is 3.45. The van der Waals surface area contributed by atoms with E-state index in [1.54, 1.807) is 6.08 Å². The maximum Gasteiger partial charge on any atom is 0.326 e. The lowest BCUT2D eigenvalue weighted by Gasteiger charge is -2.36. The van der Waals surface area contributed by atoms with Crippen molar-refractivity contribution in [1.82, 2.24) is 4.90 Å². The van der Waals surface area contributed by atoms with E-state index in [2.05, 4.69) is 19.9 Å². The van der Waals surface area contributed by atoms with Crippen LogP contribution in [0.1, 0.15) is 48.0 Å². The van der Waals surface area contributed by atoms with Gasteiger partial charge in [0.2, 0.25) is 17.2 Å². The van der Waals surface area contributed by atoms with Gasteiger partial charge in [-0.15, -0.1) is 0 Å². The molecule has 1 aliphatic carbocycles. The lowest BCUT2D eigenvalue weighted by Crippen LogP contribution is -2.52. The first-order valence-corrected chi connectivity index (χ1v) is 10.7. The minimum Gasteiger partial charge on any atom is -0.480 e. The number of carboxylic acid groups (broad SMARTS) is 1. The molecule has 1 N–H and O–H groups in total. The number of esters is 1. The van der Waals surface area contributed by atoms with Gasteiger partial charge in [0, 0.05) is 30.0 Å². The second-order valence-corrected chi connectivity index (χ2v) is 8.55. The van der Waals surface area contributed by atoms with Crippen LogP contribution in [0.25, 0.3) is 0 Å². The number of aliphatic carboxylic acids is 1. The molecule has 3 unspecified atom stereocenters. The van der Waals surface area contributed by atoms with E-state index in [9.17, 15) is 24.3 Å². The third-order valence-electron chi connectivity index (χ3n) is 5.53. The highest BCUT2D eigenvalue weighted by Crippen LogP contribution is 2.40. The van der Waals surface area contributed by atoms with Crippen LogP contribution in [0.4, 0.5) is 0 Å². The van der Waals surface area contributed by atoms with Crippen molar-refractivity contribution in [3.05, 3.63) is 58.0 Å². The molecule has 0 bridgehead atoms. The SMILES string of the molecule is CCC(C)/C=C(C)/C=C/C1=CC2=C(Cl)C(=O)C(C)(OC(C)=O)C(=O)C2=CN1C(C)C(=O)O. The van der Waals surface area contributed by atoms with Crippen molar-refractivity contribution in [3.8, 4) is 0 Å². The zero-order valence-corrected chi connectivity index (χ0v) is 19.8. The Hall–Kier alpha value is -2.93. The van der Waals surface area contributed by atoms with E-state index in [0.717, 1.165) is 18.9 Å². The number of allylic oxidation sites excluding steroid dienone is 6. The van der Waals surface area contributed by atoms with Gasteiger partial charge in [-0.3, -0.25) is 14.4 Å². The largest absolute Gasteiger partial charge is 0.480 e. The minimum absolute atomic E-state index is 0.00969. The van der Waals surface area contributed by atoms with Crippen molar-refractivity contribution in [2.24, 2.45) is 5.92 Å². The summed E-state index contributed by atoms with van der Waals surface area (Å²) < 4.78 is 5.04. The van der Waals surface area contributed by atoms with Crippen LogP contribution in [0.3, 0.4) is 0 Å². The number of ketones is 2. The molecule has 0 radical (unpaired) electrons. The first-order chi connectivity index (χ1) is 14.8. The van der Waals surface area contributed by atoms with Crippen LogP contribution >= 0.6 is 11.6 Å². The number of hydrogen-bond acceptors (Lipinski definition) is 6. The van der Waals surface area contributed by atoms with Crippen LogP contribution in [-0.4, -0.2) is 45.2 Å². The second-order valence-electron chi connectivity index (χ2n) is 8.18. The van der Waals surface area contributed by atoms with Crippen molar-refractivity contribution < 1.29 is 29.0 Å². The van der Waals surface area contributed by atoms with Crippen LogP contribution < -0.4 is 0 Å². The summed E-state index contributed by atoms with van der Waals surface area (Å²) in [7, 11) is 0. The summed E-state index contributed by atoms with van der Waals surface area (Å²) in [6.07, 6.45) is 9.48. The minimum atomic E-state index is -2.10. The number of hydrogen-bond donors (Lipinski definition) is 1. The number of carbonyl (C=O) groups excluding carboxylic acids is 3. The maximum atomic E-state index is 13.1. The van der Waals surface area contributed by atoms with Crippen LogP contribution in [0.5, 0.6) is 0 Å². The quantitative estimate of drug-likeness (QED) is 0.346. The van der Waals surface area contributed by atoms with Crippen molar-refractivity contribution in [1.29, 1.82) is 0 Å². The van der Waals surface area contributed by atoms with E-state index in [-0.39, 0.29) is 16.2 Å². The molecule has 2 aliphatic rings. The first kappa shape index (κ1) is 25.3. The van der Waals surface area contributed by atoms with Crippen LogP contribution in [0, 0.1) is 5.92 Å². The number of Topliss-reactive ketones (excluding diaryl/α,β-unsaturated/α-hetero) is 2. The molecule has 0 spiro atoms. The van der Waals surface area contributed by atoms with E-state index in [0.29, 0.717) is 11.6 Å². The predicted octanol–water partition coefficient (Wildman–Crippen LogP) is 4.06. The summed E-state index contributed by atoms with van der Waals surface area (Å²) in [6.45, 7) is 9.86. The molecule has 0 aromatic heterocycles. The van der Waals surface area contributed by atoms with Crippen molar-refractivity contribution in [3.63, 3.8) is 0 Å². The fraction of sp³-hybridized carbons (Fsp3) is 0.417. The van der Waals surface area contributed by atoms with E-state index >= 15 is 0 Å². The molecule has 7 nitrogen and oxygen atoms in total. The molecular weight excluding hydrogens is 434 g/mol.